The van der Waals surface area contributed by atoms with Gasteiger partial charge in [-0.2, -0.15) is 0 Å². The highest BCUT2D eigenvalue weighted by Crippen LogP contribution is 2.29. The minimum Gasteiger partial charge on any atom is -0.350 e. The summed E-state index contributed by atoms with van der Waals surface area (Å²) in [5.41, 5.74) is 2.37. The monoisotopic (exact) mass is 470 g/mol. The van der Waals surface area contributed by atoms with E-state index in [1.165, 1.54) is 6.07 Å². The van der Waals surface area contributed by atoms with Gasteiger partial charge in [0, 0.05) is 30.8 Å². The minimum atomic E-state index is -3.64. The summed E-state index contributed by atoms with van der Waals surface area (Å²) in [6.45, 7) is 0.780. The summed E-state index contributed by atoms with van der Waals surface area (Å²) in [6.07, 6.45) is 6.63. The summed E-state index contributed by atoms with van der Waals surface area (Å²) in [6, 6.07) is 10.5. The molecular weight excluding hydrogens is 440 g/mol. The van der Waals surface area contributed by atoms with Gasteiger partial charge in [-0.25, -0.2) is 13.1 Å². The number of aryl methyl sites for hydroxylation is 1. The van der Waals surface area contributed by atoms with Gasteiger partial charge >= 0.3 is 0 Å². The SMILES string of the molecule is O=C1CCCc2cc(S(=O)(=O)NCC3CCC(C(=O)NCc4ccccn4)CC3)ccc2N1. The summed E-state index contributed by atoms with van der Waals surface area (Å²) >= 11 is 0. The molecule has 0 radical (unpaired) electrons. The van der Waals surface area contributed by atoms with Gasteiger partial charge in [-0.05, 0) is 80.3 Å². The fourth-order valence-corrected chi connectivity index (χ4v) is 5.65. The quantitative estimate of drug-likeness (QED) is 0.575. The van der Waals surface area contributed by atoms with E-state index in [0.717, 1.165) is 36.9 Å². The van der Waals surface area contributed by atoms with Crippen LogP contribution >= 0.6 is 0 Å². The second-order valence-electron chi connectivity index (χ2n) is 8.83. The van der Waals surface area contributed by atoms with Crippen LogP contribution in [0.3, 0.4) is 0 Å². The average molecular weight is 471 g/mol. The predicted octanol–water partition coefficient (Wildman–Crippen LogP) is 2.76. The first-order valence-corrected chi connectivity index (χ1v) is 13.0. The second kappa shape index (κ2) is 10.4. The van der Waals surface area contributed by atoms with Crippen molar-refractivity contribution in [2.75, 3.05) is 11.9 Å². The van der Waals surface area contributed by atoms with Crippen molar-refractivity contribution in [2.24, 2.45) is 11.8 Å². The zero-order valence-electron chi connectivity index (χ0n) is 18.5. The van der Waals surface area contributed by atoms with Crippen LogP contribution < -0.4 is 15.4 Å². The number of carbonyl (C=O) groups excluding carboxylic acids is 2. The Morgan fingerprint density at radius 2 is 1.91 bits per heavy atom. The molecule has 33 heavy (non-hydrogen) atoms. The number of rotatable bonds is 7. The van der Waals surface area contributed by atoms with Crippen LogP contribution in [0.25, 0.3) is 0 Å². The van der Waals surface area contributed by atoms with Crippen molar-refractivity contribution in [2.45, 2.75) is 56.4 Å². The molecule has 2 amide bonds. The van der Waals surface area contributed by atoms with Crippen LogP contribution in [0.2, 0.25) is 0 Å². The van der Waals surface area contributed by atoms with Crippen LogP contribution in [0.4, 0.5) is 5.69 Å². The van der Waals surface area contributed by atoms with Gasteiger partial charge in [0.05, 0.1) is 17.1 Å². The standard InChI is InChI=1S/C24H30N4O4S/c29-23-6-3-4-19-14-21(11-12-22(19)28-23)33(31,32)27-15-17-7-9-18(10-8-17)24(30)26-16-20-5-1-2-13-25-20/h1-2,5,11-14,17-18,27H,3-4,6-10,15-16H2,(H,26,30)(H,28,29). The lowest BCUT2D eigenvalue weighted by Gasteiger charge is -2.27. The summed E-state index contributed by atoms with van der Waals surface area (Å²) in [7, 11) is -3.64. The zero-order valence-corrected chi connectivity index (χ0v) is 19.4. The van der Waals surface area contributed by atoms with E-state index in [2.05, 4.69) is 20.3 Å². The van der Waals surface area contributed by atoms with Gasteiger partial charge in [-0.15, -0.1) is 0 Å². The second-order valence-corrected chi connectivity index (χ2v) is 10.6. The molecule has 4 rings (SSSR count). The lowest BCUT2D eigenvalue weighted by atomic mass is 9.81. The molecule has 2 heterocycles. The molecule has 1 aromatic heterocycles. The van der Waals surface area contributed by atoms with E-state index >= 15 is 0 Å². The van der Waals surface area contributed by atoms with Gasteiger partial charge in [-0.1, -0.05) is 6.07 Å². The number of aromatic nitrogens is 1. The minimum absolute atomic E-state index is 0.0384. The van der Waals surface area contributed by atoms with Crippen molar-refractivity contribution >= 4 is 27.5 Å². The van der Waals surface area contributed by atoms with Crippen LogP contribution in [0, 0.1) is 11.8 Å². The Balaban J connectivity index is 1.25. The Bertz CT molecular complexity index is 1100. The van der Waals surface area contributed by atoms with Gasteiger partial charge in [0.1, 0.15) is 0 Å². The Kier molecular flexibility index (Phi) is 7.39. The Morgan fingerprint density at radius 3 is 2.67 bits per heavy atom. The fraction of sp³-hybridized carbons (Fsp3) is 0.458. The molecule has 2 aromatic rings. The number of nitrogens with zero attached hydrogens (tertiary/aromatic N) is 1. The molecule has 0 bridgehead atoms. The number of sulfonamides is 1. The molecule has 1 fully saturated rings. The third-order valence-electron chi connectivity index (χ3n) is 6.46. The summed E-state index contributed by atoms with van der Waals surface area (Å²) in [5.74, 6) is 0.168. The van der Waals surface area contributed by atoms with E-state index in [1.807, 2.05) is 18.2 Å². The number of hydrogen-bond donors (Lipinski definition) is 3. The normalized spacial score (nSPS) is 20.9. The first-order chi connectivity index (χ1) is 15.9. The maximum atomic E-state index is 12.8. The van der Waals surface area contributed by atoms with E-state index in [0.29, 0.717) is 38.0 Å². The Morgan fingerprint density at radius 1 is 1.09 bits per heavy atom. The van der Waals surface area contributed by atoms with Crippen LogP contribution in [0.5, 0.6) is 0 Å². The van der Waals surface area contributed by atoms with E-state index < -0.39 is 10.0 Å². The predicted molar refractivity (Wildman–Crippen MR) is 125 cm³/mol. The number of hydrogen-bond acceptors (Lipinski definition) is 5. The third kappa shape index (κ3) is 6.17. The Hall–Kier alpha value is -2.78. The summed E-state index contributed by atoms with van der Waals surface area (Å²) in [5, 5.41) is 5.78. The van der Waals surface area contributed by atoms with Gasteiger partial charge in [-0.3, -0.25) is 14.6 Å². The van der Waals surface area contributed by atoms with Crippen LogP contribution in [-0.2, 0) is 32.6 Å². The molecule has 0 atom stereocenters. The average Bonchev–Trinajstić information content (AvgIpc) is 3.02. The first-order valence-electron chi connectivity index (χ1n) is 11.5. The van der Waals surface area contributed by atoms with Gasteiger partial charge in [0.2, 0.25) is 21.8 Å². The van der Waals surface area contributed by atoms with E-state index in [9.17, 15) is 18.0 Å². The third-order valence-corrected chi connectivity index (χ3v) is 7.88. The van der Waals surface area contributed by atoms with E-state index in [1.54, 1.807) is 18.3 Å². The highest BCUT2D eigenvalue weighted by molar-refractivity contribution is 7.89. The maximum absolute atomic E-state index is 12.8. The van der Waals surface area contributed by atoms with Crippen molar-refractivity contribution < 1.29 is 18.0 Å². The van der Waals surface area contributed by atoms with Gasteiger partial charge in [0.15, 0.2) is 0 Å². The van der Waals surface area contributed by atoms with Gasteiger partial charge < -0.3 is 10.6 Å². The lowest BCUT2D eigenvalue weighted by Crippen LogP contribution is -2.36. The van der Waals surface area contributed by atoms with Crippen LogP contribution in [0.1, 0.15) is 49.8 Å². The number of anilines is 1. The molecule has 0 unspecified atom stereocenters. The molecule has 9 heteroatoms. The Labute approximate surface area is 194 Å². The molecular formula is C24H30N4O4S. The van der Waals surface area contributed by atoms with Crippen molar-refractivity contribution in [3.63, 3.8) is 0 Å². The topological polar surface area (TPSA) is 117 Å². The molecule has 0 spiro atoms. The largest absolute Gasteiger partial charge is 0.350 e. The van der Waals surface area contributed by atoms with Crippen molar-refractivity contribution in [3.8, 4) is 0 Å². The number of amides is 2. The fourth-order valence-electron chi connectivity index (χ4n) is 4.48. The molecule has 176 valence electrons. The highest BCUT2D eigenvalue weighted by Gasteiger charge is 2.27. The van der Waals surface area contributed by atoms with Gasteiger partial charge in [0.25, 0.3) is 0 Å². The van der Waals surface area contributed by atoms with Crippen LogP contribution in [0.15, 0.2) is 47.5 Å². The van der Waals surface area contributed by atoms with Crippen LogP contribution in [-0.4, -0.2) is 31.8 Å². The molecule has 2 aliphatic rings. The number of carbonyl (C=O) groups is 2. The van der Waals surface area contributed by atoms with Crippen molar-refractivity contribution in [1.29, 1.82) is 0 Å². The number of fused-ring (bicyclic) bond motifs is 1. The summed E-state index contributed by atoms with van der Waals surface area (Å²) < 4.78 is 28.4. The molecule has 1 aliphatic heterocycles. The molecule has 3 N–H and O–H groups in total. The molecule has 1 aromatic carbocycles. The summed E-state index contributed by atoms with van der Waals surface area (Å²) in [4.78, 5) is 28.6. The smallest absolute Gasteiger partial charge is 0.240 e. The number of nitrogens with one attached hydrogen (secondary N) is 3. The molecule has 8 nitrogen and oxygen atoms in total. The zero-order chi connectivity index (χ0) is 23.3. The highest BCUT2D eigenvalue weighted by atomic mass is 32.2. The lowest BCUT2D eigenvalue weighted by molar-refractivity contribution is -0.126. The molecule has 1 saturated carbocycles. The number of pyridine rings is 1. The first kappa shape index (κ1) is 23.4. The maximum Gasteiger partial charge on any atom is 0.240 e. The van der Waals surface area contributed by atoms with Crippen molar-refractivity contribution in [1.82, 2.24) is 15.0 Å². The number of benzene rings is 1. The molecule has 0 saturated heterocycles. The van der Waals surface area contributed by atoms with E-state index in [-0.39, 0.29) is 28.5 Å². The van der Waals surface area contributed by atoms with Crippen molar-refractivity contribution in [3.05, 3.63) is 53.9 Å². The molecule has 1 aliphatic carbocycles. The van der Waals surface area contributed by atoms with E-state index in [4.69, 9.17) is 0 Å².